The smallest absolute Gasteiger partial charge is 0.464 e. The first-order valence-corrected chi connectivity index (χ1v) is 16.1. The molecule has 0 aliphatic carbocycles. The maximum absolute atomic E-state index is 13.9. The molecule has 1 N–H and O–H groups in total. The van der Waals surface area contributed by atoms with Gasteiger partial charge in [0.1, 0.15) is 17.2 Å². The number of benzene rings is 3. The Morgan fingerprint density at radius 1 is 0.936 bits per heavy atom. The summed E-state index contributed by atoms with van der Waals surface area (Å²) in [5.41, 5.74) is -3.51. The normalized spacial score (nSPS) is 12.7. The first-order valence-electron chi connectivity index (χ1n) is 14.7. The highest BCUT2D eigenvalue weighted by atomic mass is 32.2. The number of aryl methyl sites for hydroxylation is 1. The highest BCUT2D eigenvalue weighted by Crippen LogP contribution is 2.38. The van der Waals surface area contributed by atoms with E-state index in [-0.39, 0.29) is 18.8 Å². The summed E-state index contributed by atoms with van der Waals surface area (Å²) in [6.07, 6.45) is -0.684. The number of hydrogen-bond donors (Lipinski definition) is 1. The Bertz CT molecular complexity index is 1650. The lowest BCUT2D eigenvalue weighted by atomic mass is 9.88. The van der Waals surface area contributed by atoms with Crippen LogP contribution in [0.2, 0.25) is 0 Å². The van der Waals surface area contributed by atoms with Crippen LogP contribution in [0, 0.1) is 5.82 Å². The van der Waals surface area contributed by atoms with Crippen LogP contribution in [-0.4, -0.2) is 50.9 Å². The number of halogens is 4. The van der Waals surface area contributed by atoms with Crippen molar-refractivity contribution in [2.45, 2.75) is 71.2 Å². The second-order valence-electron chi connectivity index (χ2n) is 11.4. The molecule has 3 aromatic carbocycles. The predicted molar refractivity (Wildman–Crippen MR) is 166 cm³/mol. The van der Waals surface area contributed by atoms with E-state index in [9.17, 15) is 35.6 Å². The van der Waals surface area contributed by atoms with Crippen molar-refractivity contribution in [2.75, 3.05) is 13.2 Å². The fraction of sp³-hybridized carbons (Fsp3) is 0.394. The molecule has 47 heavy (non-hydrogen) atoms. The average Bonchev–Trinajstić information content (AvgIpc) is 2.97. The van der Waals surface area contributed by atoms with Crippen LogP contribution in [0.15, 0.2) is 60.7 Å². The maximum Gasteiger partial charge on any atom is 0.534 e. The van der Waals surface area contributed by atoms with Crippen molar-refractivity contribution < 1.29 is 54.0 Å². The zero-order chi connectivity index (χ0) is 35.0. The minimum atomic E-state index is -6.03. The number of rotatable bonds is 13. The standard InChI is InChI=1S/C33H37F4NO8S/c1-6-43-30(39)21(2)44-18-8-10-22-9-7-11-27(29(22)23-12-15-26(34)16-13-23)24-14-17-28(46-47(41,42)33(35,36)37)25(19-24)20-38-31(40)45-32(3,4)5/h7,9,11-17,19,21H,6,8,10,18,20H2,1-5H3,(H,38,40). The van der Waals surface area contributed by atoms with Crippen LogP contribution < -0.4 is 9.50 Å². The number of nitrogens with one attached hydrogen (secondary N) is 1. The molecule has 9 nitrogen and oxygen atoms in total. The lowest BCUT2D eigenvalue weighted by Crippen LogP contribution is -2.32. The molecule has 0 aromatic heterocycles. The molecule has 0 saturated carbocycles. The Labute approximate surface area is 271 Å². The average molecular weight is 684 g/mol. The van der Waals surface area contributed by atoms with Gasteiger partial charge in [-0.25, -0.2) is 14.0 Å². The van der Waals surface area contributed by atoms with Gasteiger partial charge in [0.15, 0.2) is 6.10 Å². The van der Waals surface area contributed by atoms with Crippen molar-refractivity contribution in [3.63, 3.8) is 0 Å². The number of alkyl halides is 3. The lowest BCUT2D eigenvalue weighted by molar-refractivity contribution is -0.155. The largest absolute Gasteiger partial charge is 0.534 e. The quantitative estimate of drug-likeness (QED) is 0.0656. The van der Waals surface area contributed by atoms with Gasteiger partial charge in [0.2, 0.25) is 0 Å². The maximum atomic E-state index is 13.9. The van der Waals surface area contributed by atoms with Gasteiger partial charge in [-0.15, -0.1) is 0 Å². The van der Waals surface area contributed by atoms with Gasteiger partial charge in [-0.05, 0) is 99.5 Å². The van der Waals surface area contributed by atoms with Crippen molar-refractivity contribution >= 4 is 22.2 Å². The summed E-state index contributed by atoms with van der Waals surface area (Å²) in [5, 5.41) is 2.42. The summed E-state index contributed by atoms with van der Waals surface area (Å²) in [6.45, 7) is 8.16. The van der Waals surface area contributed by atoms with Crippen LogP contribution in [0.1, 0.15) is 52.2 Å². The summed E-state index contributed by atoms with van der Waals surface area (Å²) < 4.78 is 97.5. The van der Waals surface area contributed by atoms with E-state index in [1.54, 1.807) is 58.9 Å². The highest BCUT2D eigenvalue weighted by Gasteiger charge is 2.48. The number of carbonyl (C=O) groups is 2. The molecule has 0 radical (unpaired) electrons. The third-order valence-corrected chi connectivity index (χ3v) is 7.50. The van der Waals surface area contributed by atoms with Gasteiger partial charge in [0.05, 0.1) is 6.61 Å². The Balaban J connectivity index is 2.04. The number of amides is 1. The molecule has 1 unspecified atom stereocenters. The lowest BCUT2D eigenvalue weighted by Gasteiger charge is -2.21. The second kappa shape index (κ2) is 15.6. The zero-order valence-corrected chi connectivity index (χ0v) is 27.4. The number of alkyl carbamates (subject to hydrolysis) is 1. The van der Waals surface area contributed by atoms with E-state index in [1.165, 1.54) is 24.3 Å². The summed E-state index contributed by atoms with van der Waals surface area (Å²) in [7, 11) is -6.03. The molecule has 0 saturated heterocycles. The molecule has 3 aromatic rings. The van der Waals surface area contributed by atoms with E-state index < -0.39 is 57.5 Å². The molecule has 14 heteroatoms. The van der Waals surface area contributed by atoms with E-state index in [0.29, 0.717) is 35.1 Å². The van der Waals surface area contributed by atoms with Gasteiger partial charge in [0, 0.05) is 18.7 Å². The molecule has 0 aliphatic heterocycles. The number of carbonyl (C=O) groups excluding carboxylic acids is 2. The van der Waals surface area contributed by atoms with Gasteiger partial charge in [0.25, 0.3) is 0 Å². The van der Waals surface area contributed by atoms with Crippen molar-refractivity contribution in [2.24, 2.45) is 0 Å². The Morgan fingerprint density at radius 2 is 1.60 bits per heavy atom. The topological polar surface area (TPSA) is 117 Å². The van der Waals surface area contributed by atoms with E-state index in [4.69, 9.17) is 14.2 Å². The molecule has 0 bridgehead atoms. The summed E-state index contributed by atoms with van der Waals surface area (Å²) in [4.78, 5) is 24.2. The Morgan fingerprint density at radius 3 is 2.21 bits per heavy atom. The predicted octanol–water partition coefficient (Wildman–Crippen LogP) is 7.31. The number of ether oxygens (including phenoxy) is 3. The van der Waals surface area contributed by atoms with Crippen LogP contribution in [-0.2, 0) is 42.1 Å². The molecular weight excluding hydrogens is 646 g/mol. The van der Waals surface area contributed by atoms with Crippen molar-refractivity contribution in [3.05, 3.63) is 77.6 Å². The molecule has 0 heterocycles. The zero-order valence-electron chi connectivity index (χ0n) is 26.6. The molecule has 1 amide bonds. The molecule has 1 atom stereocenters. The molecule has 3 rings (SSSR count). The van der Waals surface area contributed by atoms with Gasteiger partial charge >= 0.3 is 27.7 Å². The monoisotopic (exact) mass is 683 g/mol. The van der Waals surface area contributed by atoms with E-state index in [1.807, 2.05) is 6.07 Å². The van der Waals surface area contributed by atoms with Gasteiger partial charge < -0.3 is 23.7 Å². The first kappa shape index (κ1) is 37.3. The SMILES string of the molecule is CCOC(=O)C(C)OCCCc1cccc(-c2ccc(OS(=O)(=O)C(F)(F)F)c(CNC(=O)OC(C)(C)C)c2)c1-c1ccc(F)cc1. The van der Waals surface area contributed by atoms with E-state index in [0.717, 1.165) is 11.6 Å². The van der Waals surface area contributed by atoms with E-state index in [2.05, 4.69) is 9.50 Å². The summed E-state index contributed by atoms with van der Waals surface area (Å²) in [5.74, 6) is -1.58. The molecule has 0 aliphatic rings. The van der Waals surface area contributed by atoms with Crippen molar-refractivity contribution in [1.29, 1.82) is 0 Å². The minimum absolute atomic E-state index is 0.0852. The van der Waals surface area contributed by atoms with Gasteiger partial charge in [-0.2, -0.15) is 21.6 Å². The third-order valence-electron chi connectivity index (χ3n) is 6.54. The first-order chi connectivity index (χ1) is 21.9. The van der Waals surface area contributed by atoms with Crippen LogP contribution >= 0.6 is 0 Å². The van der Waals surface area contributed by atoms with Gasteiger partial charge in [-0.3, -0.25) is 0 Å². The minimum Gasteiger partial charge on any atom is -0.464 e. The van der Waals surface area contributed by atoms with Crippen molar-refractivity contribution in [1.82, 2.24) is 5.32 Å². The number of esters is 1. The fourth-order valence-electron chi connectivity index (χ4n) is 4.47. The van der Waals surface area contributed by atoms with Crippen LogP contribution in [0.4, 0.5) is 22.4 Å². The Hall–Kier alpha value is -4.17. The summed E-state index contributed by atoms with van der Waals surface area (Å²) in [6, 6.07) is 14.9. The fourth-order valence-corrected chi connectivity index (χ4v) is 4.96. The third kappa shape index (κ3) is 10.7. The summed E-state index contributed by atoms with van der Waals surface area (Å²) >= 11 is 0. The highest BCUT2D eigenvalue weighted by molar-refractivity contribution is 7.88. The molecule has 256 valence electrons. The van der Waals surface area contributed by atoms with Crippen LogP contribution in [0.5, 0.6) is 5.75 Å². The van der Waals surface area contributed by atoms with Crippen LogP contribution in [0.3, 0.4) is 0 Å². The molecule has 0 fully saturated rings. The number of hydrogen-bond acceptors (Lipinski definition) is 8. The molecular formula is C33H37F4NO8S. The molecule has 0 spiro atoms. The van der Waals surface area contributed by atoms with E-state index >= 15 is 0 Å². The van der Waals surface area contributed by atoms with Gasteiger partial charge in [-0.1, -0.05) is 36.4 Å². The van der Waals surface area contributed by atoms with Crippen molar-refractivity contribution in [3.8, 4) is 28.0 Å². The Kier molecular flexibility index (Phi) is 12.4. The second-order valence-corrected chi connectivity index (χ2v) is 12.9. The van der Waals surface area contributed by atoms with Crippen LogP contribution in [0.25, 0.3) is 22.3 Å².